The molecular weight excluding hydrogens is 184 g/mol. The Morgan fingerprint density at radius 2 is 1.73 bits per heavy atom. The highest BCUT2D eigenvalue weighted by molar-refractivity contribution is 4.94. The van der Waals surface area contributed by atoms with Crippen LogP contribution in [0.1, 0.15) is 51.4 Å². The minimum absolute atomic E-state index is 0.334. The summed E-state index contributed by atoms with van der Waals surface area (Å²) >= 11 is 0. The predicted octanol–water partition coefficient (Wildman–Crippen LogP) is 2.94. The van der Waals surface area contributed by atoms with Crippen LogP contribution in [0, 0.1) is 17.2 Å². The minimum atomic E-state index is 0.334. The fraction of sp³-hybridized carbons (Fsp3) is 0.923. The molecule has 2 aliphatic rings. The summed E-state index contributed by atoms with van der Waals surface area (Å²) in [6.07, 6.45) is 10.5. The highest BCUT2D eigenvalue weighted by Gasteiger charge is 2.31. The van der Waals surface area contributed by atoms with Gasteiger partial charge in [-0.15, -0.1) is 0 Å². The Morgan fingerprint density at radius 3 is 2.33 bits per heavy atom. The van der Waals surface area contributed by atoms with Gasteiger partial charge in [-0.3, -0.25) is 0 Å². The molecule has 0 aromatic carbocycles. The zero-order valence-corrected chi connectivity index (χ0v) is 9.78. The standard InChI is InChI=1S/C13H22N2/c1-15(12-5-3-2-4-6-12)13-8-7-11(9-13)10-14/h11-13H,2-9H2,1H3. The number of nitriles is 1. The molecule has 84 valence electrons. The molecule has 0 aromatic rings. The Balaban J connectivity index is 1.85. The molecule has 0 saturated heterocycles. The third-order valence-electron chi connectivity index (χ3n) is 4.31. The van der Waals surface area contributed by atoms with Gasteiger partial charge in [0.05, 0.1) is 6.07 Å². The molecule has 0 aliphatic heterocycles. The summed E-state index contributed by atoms with van der Waals surface area (Å²) in [4.78, 5) is 2.58. The lowest BCUT2D eigenvalue weighted by molar-refractivity contribution is 0.138. The van der Waals surface area contributed by atoms with Gasteiger partial charge >= 0.3 is 0 Å². The topological polar surface area (TPSA) is 27.0 Å². The second-order valence-electron chi connectivity index (χ2n) is 5.25. The van der Waals surface area contributed by atoms with Crippen LogP contribution in [-0.4, -0.2) is 24.0 Å². The Morgan fingerprint density at radius 1 is 1.00 bits per heavy atom. The molecule has 0 radical (unpaired) electrons. The van der Waals surface area contributed by atoms with Crippen molar-refractivity contribution < 1.29 is 0 Å². The van der Waals surface area contributed by atoms with Gasteiger partial charge in [0.2, 0.25) is 0 Å². The Bertz CT molecular complexity index is 237. The van der Waals surface area contributed by atoms with Gasteiger partial charge in [0.25, 0.3) is 0 Å². The first-order chi connectivity index (χ1) is 7.31. The van der Waals surface area contributed by atoms with Gasteiger partial charge in [0, 0.05) is 18.0 Å². The largest absolute Gasteiger partial charge is 0.300 e. The van der Waals surface area contributed by atoms with E-state index in [9.17, 15) is 0 Å². The molecule has 2 heteroatoms. The van der Waals surface area contributed by atoms with E-state index < -0.39 is 0 Å². The van der Waals surface area contributed by atoms with E-state index in [-0.39, 0.29) is 0 Å². The highest BCUT2D eigenvalue weighted by atomic mass is 15.2. The van der Waals surface area contributed by atoms with Crippen LogP contribution in [0.3, 0.4) is 0 Å². The molecule has 2 aliphatic carbocycles. The van der Waals surface area contributed by atoms with Crippen LogP contribution in [0.25, 0.3) is 0 Å². The molecule has 2 unspecified atom stereocenters. The summed E-state index contributed by atoms with van der Waals surface area (Å²) in [7, 11) is 2.28. The highest BCUT2D eigenvalue weighted by Crippen LogP contribution is 2.32. The van der Waals surface area contributed by atoms with Gasteiger partial charge in [-0.25, -0.2) is 0 Å². The van der Waals surface area contributed by atoms with E-state index in [0.717, 1.165) is 18.9 Å². The van der Waals surface area contributed by atoms with Crippen LogP contribution in [-0.2, 0) is 0 Å². The Hall–Kier alpha value is -0.550. The normalized spacial score (nSPS) is 33.1. The van der Waals surface area contributed by atoms with Gasteiger partial charge in [-0.1, -0.05) is 19.3 Å². The average Bonchev–Trinajstić information content (AvgIpc) is 2.78. The lowest BCUT2D eigenvalue weighted by atomic mass is 9.93. The molecule has 0 bridgehead atoms. The van der Waals surface area contributed by atoms with Crippen molar-refractivity contribution in [2.75, 3.05) is 7.05 Å². The third kappa shape index (κ3) is 2.52. The van der Waals surface area contributed by atoms with Crippen LogP contribution in [0.15, 0.2) is 0 Å². The molecule has 15 heavy (non-hydrogen) atoms. The van der Waals surface area contributed by atoms with Gasteiger partial charge in [0.15, 0.2) is 0 Å². The maximum absolute atomic E-state index is 8.91. The van der Waals surface area contributed by atoms with Crippen molar-refractivity contribution in [2.45, 2.75) is 63.5 Å². The number of nitrogens with zero attached hydrogens (tertiary/aromatic N) is 2. The number of hydrogen-bond acceptors (Lipinski definition) is 2. The molecule has 0 aromatic heterocycles. The lowest BCUT2D eigenvalue weighted by Crippen LogP contribution is -2.40. The third-order valence-corrected chi connectivity index (χ3v) is 4.31. The summed E-state index contributed by atoms with van der Waals surface area (Å²) in [5.41, 5.74) is 0. The average molecular weight is 206 g/mol. The van der Waals surface area contributed by atoms with E-state index in [1.54, 1.807) is 0 Å². The van der Waals surface area contributed by atoms with Gasteiger partial charge < -0.3 is 4.90 Å². The zero-order valence-electron chi connectivity index (χ0n) is 9.78. The summed E-state index contributed by atoms with van der Waals surface area (Å²) < 4.78 is 0. The SMILES string of the molecule is CN(C1CCCCC1)C1CCC(C#N)C1. The summed E-state index contributed by atoms with van der Waals surface area (Å²) in [5, 5.41) is 8.91. The van der Waals surface area contributed by atoms with Gasteiger partial charge in [-0.2, -0.15) is 5.26 Å². The Kier molecular flexibility index (Phi) is 3.64. The monoisotopic (exact) mass is 206 g/mol. The van der Waals surface area contributed by atoms with Crippen molar-refractivity contribution in [1.82, 2.24) is 4.90 Å². The van der Waals surface area contributed by atoms with Crippen molar-refractivity contribution in [2.24, 2.45) is 5.92 Å². The van der Waals surface area contributed by atoms with E-state index in [1.165, 1.54) is 38.5 Å². The van der Waals surface area contributed by atoms with E-state index in [0.29, 0.717) is 12.0 Å². The van der Waals surface area contributed by atoms with Gasteiger partial charge in [0.1, 0.15) is 0 Å². The van der Waals surface area contributed by atoms with Crippen molar-refractivity contribution in [3.8, 4) is 6.07 Å². The minimum Gasteiger partial charge on any atom is -0.300 e. The molecule has 0 N–H and O–H groups in total. The molecule has 0 amide bonds. The van der Waals surface area contributed by atoms with E-state index >= 15 is 0 Å². The van der Waals surface area contributed by atoms with Crippen LogP contribution in [0.4, 0.5) is 0 Å². The Labute approximate surface area is 93.3 Å². The predicted molar refractivity (Wildman–Crippen MR) is 61.4 cm³/mol. The molecule has 2 nitrogen and oxygen atoms in total. The number of hydrogen-bond donors (Lipinski definition) is 0. The van der Waals surface area contributed by atoms with Crippen LogP contribution < -0.4 is 0 Å². The summed E-state index contributed by atoms with van der Waals surface area (Å²) in [6.45, 7) is 0. The van der Waals surface area contributed by atoms with E-state index in [2.05, 4.69) is 18.0 Å². The van der Waals surface area contributed by atoms with Crippen molar-refractivity contribution in [1.29, 1.82) is 5.26 Å². The van der Waals surface area contributed by atoms with E-state index in [1.807, 2.05) is 0 Å². The second-order valence-corrected chi connectivity index (χ2v) is 5.25. The zero-order chi connectivity index (χ0) is 10.7. The van der Waals surface area contributed by atoms with E-state index in [4.69, 9.17) is 5.26 Å². The summed E-state index contributed by atoms with van der Waals surface area (Å²) in [6, 6.07) is 3.92. The summed E-state index contributed by atoms with van der Waals surface area (Å²) in [5.74, 6) is 0.334. The smallest absolute Gasteiger partial charge is 0.0656 e. The quantitative estimate of drug-likeness (QED) is 0.694. The van der Waals surface area contributed by atoms with Crippen LogP contribution >= 0.6 is 0 Å². The fourth-order valence-corrected chi connectivity index (χ4v) is 3.23. The molecule has 2 rings (SSSR count). The lowest BCUT2D eigenvalue weighted by Gasteiger charge is -2.35. The molecule has 2 saturated carbocycles. The van der Waals surface area contributed by atoms with Crippen molar-refractivity contribution >= 4 is 0 Å². The van der Waals surface area contributed by atoms with Crippen molar-refractivity contribution in [3.05, 3.63) is 0 Å². The maximum Gasteiger partial charge on any atom is 0.0656 e. The first-order valence-electron chi connectivity index (χ1n) is 6.43. The van der Waals surface area contributed by atoms with Crippen LogP contribution in [0.5, 0.6) is 0 Å². The first-order valence-corrected chi connectivity index (χ1v) is 6.43. The van der Waals surface area contributed by atoms with Gasteiger partial charge in [-0.05, 0) is 39.2 Å². The fourth-order valence-electron chi connectivity index (χ4n) is 3.23. The molecule has 2 fully saturated rings. The maximum atomic E-state index is 8.91. The first kappa shape index (κ1) is 11.0. The molecule has 0 spiro atoms. The number of rotatable bonds is 2. The molecular formula is C13H22N2. The molecule has 0 heterocycles. The molecule has 2 atom stereocenters. The van der Waals surface area contributed by atoms with Crippen LogP contribution in [0.2, 0.25) is 0 Å². The van der Waals surface area contributed by atoms with Crippen molar-refractivity contribution in [3.63, 3.8) is 0 Å². The second kappa shape index (κ2) is 4.99.